The zero-order valence-electron chi connectivity index (χ0n) is 13.1. The molecule has 0 aliphatic rings. The molecule has 0 saturated heterocycles. The van der Waals surface area contributed by atoms with E-state index < -0.39 is 10.8 Å². The highest BCUT2D eigenvalue weighted by molar-refractivity contribution is 7.80. The van der Waals surface area contributed by atoms with Crippen molar-refractivity contribution in [3.63, 3.8) is 0 Å². The summed E-state index contributed by atoms with van der Waals surface area (Å²) in [6, 6.07) is 11.2. The summed E-state index contributed by atoms with van der Waals surface area (Å²) in [6.45, 7) is 3.95. The number of aryl methyl sites for hydroxylation is 1. The van der Waals surface area contributed by atoms with Crippen LogP contribution in [0.4, 0.5) is 11.4 Å². The number of hydrazine groups is 1. The molecule has 8 heteroatoms. The topological polar surface area (TPSA) is 96.3 Å². The number of nitrogens with zero attached hydrogens (tertiary/aromatic N) is 1. The van der Waals surface area contributed by atoms with Gasteiger partial charge in [0.15, 0.2) is 5.11 Å². The number of nitrogens with one attached hydrogen (secondary N) is 3. The Morgan fingerprint density at radius 3 is 2.54 bits per heavy atom. The minimum absolute atomic E-state index is 0.154. The van der Waals surface area contributed by atoms with Gasteiger partial charge in [-0.05, 0) is 49.3 Å². The lowest BCUT2D eigenvalue weighted by Gasteiger charge is -2.14. The molecule has 24 heavy (non-hydrogen) atoms. The normalized spacial score (nSPS) is 9.92. The standard InChI is InChI=1S/C16H16N4O3S/c1-10-5-3-8-14(11(10)2)17-16(24)19-18-15(21)12-6-4-7-13(9-12)20(22)23/h3-9H,1-2H3,(H,18,21)(H2,17,19,24). The molecule has 0 fully saturated rings. The number of thiocarbonyl (C=S) groups is 1. The number of non-ortho nitro benzene ring substituents is 1. The summed E-state index contributed by atoms with van der Waals surface area (Å²) in [5.41, 5.74) is 7.98. The molecule has 0 saturated carbocycles. The lowest BCUT2D eigenvalue weighted by Crippen LogP contribution is -2.43. The summed E-state index contributed by atoms with van der Waals surface area (Å²) in [4.78, 5) is 22.2. The van der Waals surface area contributed by atoms with Crippen molar-refractivity contribution in [2.75, 3.05) is 5.32 Å². The first-order valence-corrected chi connectivity index (χ1v) is 7.47. The van der Waals surface area contributed by atoms with E-state index in [1.807, 2.05) is 32.0 Å². The molecule has 0 atom stereocenters. The first kappa shape index (κ1) is 17.4. The number of amides is 1. The fraction of sp³-hybridized carbons (Fsp3) is 0.125. The van der Waals surface area contributed by atoms with Gasteiger partial charge in [0.25, 0.3) is 11.6 Å². The third kappa shape index (κ3) is 4.26. The summed E-state index contributed by atoms with van der Waals surface area (Å²) >= 11 is 5.13. The van der Waals surface area contributed by atoms with Crippen LogP contribution in [0.25, 0.3) is 0 Å². The highest BCUT2D eigenvalue weighted by atomic mass is 32.1. The highest BCUT2D eigenvalue weighted by Gasteiger charge is 2.11. The van der Waals surface area contributed by atoms with E-state index in [1.165, 1.54) is 24.3 Å². The molecular formula is C16H16N4O3S. The van der Waals surface area contributed by atoms with Gasteiger partial charge in [-0.25, -0.2) is 0 Å². The Kier molecular flexibility index (Phi) is 5.43. The predicted molar refractivity (Wildman–Crippen MR) is 95.8 cm³/mol. The van der Waals surface area contributed by atoms with Crippen molar-refractivity contribution in [3.05, 3.63) is 69.3 Å². The average molecular weight is 344 g/mol. The van der Waals surface area contributed by atoms with Gasteiger partial charge in [-0.3, -0.25) is 25.8 Å². The number of carbonyl (C=O) groups is 1. The van der Waals surface area contributed by atoms with Gasteiger partial charge in [-0.15, -0.1) is 0 Å². The van der Waals surface area contributed by atoms with Crippen molar-refractivity contribution in [1.29, 1.82) is 0 Å². The van der Waals surface area contributed by atoms with Gasteiger partial charge in [0.2, 0.25) is 0 Å². The minimum atomic E-state index is -0.559. The van der Waals surface area contributed by atoms with Gasteiger partial charge < -0.3 is 5.32 Å². The Bertz CT molecular complexity index is 808. The molecule has 1 amide bonds. The van der Waals surface area contributed by atoms with Crippen molar-refractivity contribution in [3.8, 4) is 0 Å². The molecule has 124 valence electrons. The fourth-order valence-corrected chi connectivity index (χ4v) is 2.15. The Morgan fingerprint density at radius 2 is 1.83 bits per heavy atom. The van der Waals surface area contributed by atoms with Crippen LogP contribution in [-0.4, -0.2) is 15.9 Å². The lowest BCUT2D eigenvalue weighted by molar-refractivity contribution is -0.384. The van der Waals surface area contributed by atoms with Crippen molar-refractivity contribution in [2.45, 2.75) is 13.8 Å². The van der Waals surface area contributed by atoms with Gasteiger partial charge in [-0.2, -0.15) is 0 Å². The SMILES string of the molecule is Cc1cccc(NC(=S)NNC(=O)c2cccc([N+](=O)[O-])c2)c1C. The summed E-state index contributed by atoms with van der Waals surface area (Å²) in [7, 11) is 0. The van der Waals surface area contributed by atoms with Crippen LogP contribution in [0.3, 0.4) is 0 Å². The number of nitro groups is 1. The van der Waals surface area contributed by atoms with Crippen molar-refractivity contribution < 1.29 is 9.72 Å². The number of hydrogen-bond donors (Lipinski definition) is 3. The van der Waals surface area contributed by atoms with Crippen LogP contribution in [0.1, 0.15) is 21.5 Å². The molecule has 0 spiro atoms. The first-order chi connectivity index (χ1) is 11.4. The number of anilines is 1. The van der Waals surface area contributed by atoms with E-state index in [1.54, 1.807) is 0 Å². The summed E-state index contributed by atoms with van der Waals surface area (Å²) in [6.07, 6.45) is 0. The Labute approximate surface area is 144 Å². The molecule has 3 N–H and O–H groups in total. The number of hydrogen-bond acceptors (Lipinski definition) is 4. The summed E-state index contributed by atoms with van der Waals surface area (Å²) in [5, 5.41) is 13.9. The second kappa shape index (κ2) is 7.51. The maximum Gasteiger partial charge on any atom is 0.270 e. The number of nitro benzene ring substituents is 1. The average Bonchev–Trinajstić information content (AvgIpc) is 2.57. The van der Waals surface area contributed by atoms with Crippen LogP contribution in [0, 0.1) is 24.0 Å². The molecule has 0 bridgehead atoms. The second-order valence-corrected chi connectivity index (χ2v) is 5.50. The van der Waals surface area contributed by atoms with E-state index in [0.29, 0.717) is 0 Å². The van der Waals surface area contributed by atoms with Crippen molar-refractivity contribution >= 4 is 34.6 Å². The molecule has 2 rings (SSSR count). The molecular weight excluding hydrogens is 328 g/mol. The van der Waals surface area contributed by atoms with E-state index in [4.69, 9.17) is 12.2 Å². The molecule has 0 unspecified atom stereocenters. The molecule has 2 aromatic carbocycles. The van der Waals surface area contributed by atoms with Crippen molar-refractivity contribution in [1.82, 2.24) is 10.9 Å². The number of carbonyl (C=O) groups excluding carboxylic acids is 1. The van der Waals surface area contributed by atoms with Crippen LogP contribution in [0.15, 0.2) is 42.5 Å². The smallest absolute Gasteiger partial charge is 0.270 e. The summed E-state index contributed by atoms with van der Waals surface area (Å²) < 4.78 is 0. The zero-order valence-corrected chi connectivity index (χ0v) is 13.9. The minimum Gasteiger partial charge on any atom is -0.331 e. The van der Waals surface area contributed by atoms with Crippen LogP contribution in [-0.2, 0) is 0 Å². The quantitative estimate of drug-likeness (QED) is 0.450. The number of benzene rings is 2. The zero-order chi connectivity index (χ0) is 17.7. The van der Waals surface area contributed by atoms with Crippen LogP contribution >= 0.6 is 12.2 Å². The monoisotopic (exact) mass is 344 g/mol. The lowest BCUT2D eigenvalue weighted by atomic mass is 10.1. The van der Waals surface area contributed by atoms with E-state index in [0.717, 1.165) is 16.8 Å². The van der Waals surface area contributed by atoms with Crippen molar-refractivity contribution in [2.24, 2.45) is 0 Å². The molecule has 0 aliphatic heterocycles. The van der Waals surface area contributed by atoms with Gasteiger partial charge in [0.1, 0.15) is 0 Å². The largest absolute Gasteiger partial charge is 0.331 e. The van der Waals surface area contributed by atoms with Gasteiger partial charge in [-0.1, -0.05) is 18.2 Å². The van der Waals surface area contributed by atoms with Crippen LogP contribution in [0.5, 0.6) is 0 Å². The Morgan fingerprint density at radius 1 is 1.12 bits per heavy atom. The van der Waals surface area contributed by atoms with Gasteiger partial charge in [0.05, 0.1) is 4.92 Å². The van der Waals surface area contributed by atoms with E-state index >= 15 is 0 Å². The van der Waals surface area contributed by atoms with E-state index in [2.05, 4.69) is 16.2 Å². The third-order valence-electron chi connectivity index (χ3n) is 3.46. The molecule has 2 aromatic rings. The molecule has 0 aliphatic carbocycles. The number of rotatable bonds is 3. The third-order valence-corrected chi connectivity index (χ3v) is 3.67. The first-order valence-electron chi connectivity index (χ1n) is 7.06. The Balaban J connectivity index is 1.96. The maximum absolute atomic E-state index is 12.0. The second-order valence-electron chi connectivity index (χ2n) is 5.09. The highest BCUT2D eigenvalue weighted by Crippen LogP contribution is 2.17. The predicted octanol–water partition coefficient (Wildman–Crippen LogP) is 2.84. The maximum atomic E-state index is 12.0. The van der Waals surface area contributed by atoms with Gasteiger partial charge in [0, 0.05) is 23.4 Å². The molecule has 7 nitrogen and oxygen atoms in total. The summed E-state index contributed by atoms with van der Waals surface area (Å²) in [5.74, 6) is -0.524. The Hall–Kier alpha value is -3.00. The molecule has 0 aromatic heterocycles. The van der Waals surface area contributed by atoms with Crippen LogP contribution < -0.4 is 16.2 Å². The fourth-order valence-electron chi connectivity index (χ4n) is 1.99. The van der Waals surface area contributed by atoms with E-state index in [-0.39, 0.29) is 16.4 Å². The van der Waals surface area contributed by atoms with Gasteiger partial charge >= 0.3 is 0 Å². The van der Waals surface area contributed by atoms with Crippen LogP contribution in [0.2, 0.25) is 0 Å². The molecule has 0 heterocycles. The van der Waals surface area contributed by atoms with E-state index in [9.17, 15) is 14.9 Å². The molecule has 0 radical (unpaired) electrons.